The maximum Gasteiger partial charge on any atom is 0.225 e. The number of hydrogen-bond donors (Lipinski definition) is 1. The first-order chi connectivity index (χ1) is 11.6. The van der Waals surface area contributed by atoms with Gasteiger partial charge in [-0.2, -0.15) is 0 Å². The highest BCUT2D eigenvalue weighted by molar-refractivity contribution is 6.06. The van der Waals surface area contributed by atoms with Gasteiger partial charge in [-0.25, -0.2) is 0 Å². The van der Waals surface area contributed by atoms with Crippen molar-refractivity contribution in [3.63, 3.8) is 0 Å². The Kier molecular flexibility index (Phi) is 3.49. The van der Waals surface area contributed by atoms with Crippen LogP contribution < -0.4 is 10.2 Å². The molecule has 3 heteroatoms. The zero-order valence-electron chi connectivity index (χ0n) is 13.9. The Morgan fingerprint density at radius 3 is 2.46 bits per heavy atom. The van der Waals surface area contributed by atoms with E-state index in [-0.39, 0.29) is 11.8 Å². The fourth-order valence-corrected chi connectivity index (χ4v) is 3.51. The van der Waals surface area contributed by atoms with Crippen LogP contribution in [0.5, 0.6) is 0 Å². The van der Waals surface area contributed by atoms with Gasteiger partial charge in [0.2, 0.25) is 5.91 Å². The second kappa shape index (κ2) is 5.68. The lowest BCUT2D eigenvalue weighted by Gasteiger charge is -2.27. The molecule has 0 fully saturated rings. The van der Waals surface area contributed by atoms with Crippen LogP contribution in [0, 0.1) is 0 Å². The molecule has 1 aliphatic rings. The summed E-state index contributed by atoms with van der Waals surface area (Å²) in [5, 5.41) is 5.35. The summed E-state index contributed by atoms with van der Waals surface area (Å²) in [7, 11) is 4.06. The average Bonchev–Trinajstić information content (AvgIpc) is 2.61. The first-order valence-electron chi connectivity index (χ1n) is 8.22. The Hall–Kier alpha value is -2.81. The molecule has 0 aromatic heterocycles. The number of carbonyl (C=O) groups is 1. The molecule has 1 unspecified atom stereocenters. The van der Waals surface area contributed by atoms with Gasteiger partial charge >= 0.3 is 0 Å². The van der Waals surface area contributed by atoms with Crippen LogP contribution in [-0.2, 0) is 4.79 Å². The monoisotopic (exact) mass is 316 g/mol. The molecular formula is C21H20N2O. The molecule has 0 saturated carbocycles. The lowest BCUT2D eigenvalue weighted by Crippen LogP contribution is -2.23. The minimum absolute atomic E-state index is 0.0838. The second-order valence-corrected chi connectivity index (χ2v) is 6.54. The number of amides is 1. The molecule has 1 N–H and O–H groups in total. The summed E-state index contributed by atoms with van der Waals surface area (Å²) in [4.78, 5) is 14.4. The maximum atomic E-state index is 12.3. The van der Waals surface area contributed by atoms with Crippen LogP contribution in [0.2, 0.25) is 0 Å². The summed E-state index contributed by atoms with van der Waals surface area (Å²) in [5.74, 6) is 0.190. The van der Waals surface area contributed by atoms with E-state index < -0.39 is 0 Å². The van der Waals surface area contributed by atoms with E-state index in [0.717, 1.165) is 22.1 Å². The van der Waals surface area contributed by atoms with Crippen LogP contribution in [0.25, 0.3) is 10.8 Å². The molecular weight excluding hydrogens is 296 g/mol. The lowest BCUT2D eigenvalue weighted by molar-refractivity contribution is -0.116. The van der Waals surface area contributed by atoms with Crippen LogP contribution in [0.3, 0.4) is 0 Å². The van der Waals surface area contributed by atoms with Crippen molar-refractivity contribution in [2.75, 3.05) is 24.3 Å². The minimum Gasteiger partial charge on any atom is -0.378 e. The number of hydrogen-bond acceptors (Lipinski definition) is 2. The van der Waals surface area contributed by atoms with Gasteiger partial charge in [-0.3, -0.25) is 4.79 Å². The van der Waals surface area contributed by atoms with E-state index in [4.69, 9.17) is 0 Å². The highest BCUT2D eigenvalue weighted by atomic mass is 16.1. The van der Waals surface area contributed by atoms with Gasteiger partial charge in [-0.1, -0.05) is 48.5 Å². The topological polar surface area (TPSA) is 32.3 Å². The Morgan fingerprint density at radius 2 is 1.71 bits per heavy atom. The van der Waals surface area contributed by atoms with Gasteiger partial charge in [-0.05, 0) is 28.6 Å². The summed E-state index contributed by atoms with van der Waals surface area (Å²) >= 11 is 0. The molecule has 120 valence electrons. The van der Waals surface area contributed by atoms with Crippen molar-refractivity contribution >= 4 is 28.1 Å². The Balaban J connectivity index is 1.84. The summed E-state index contributed by atoms with van der Waals surface area (Å²) in [5.41, 5.74) is 4.52. The quantitative estimate of drug-likeness (QED) is 0.761. The SMILES string of the molecule is CN(C)c1ccc(C2CC(=O)Nc3c2ccc2ccccc32)cc1. The van der Waals surface area contributed by atoms with E-state index >= 15 is 0 Å². The summed E-state index contributed by atoms with van der Waals surface area (Å²) in [6, 6.07) is 21.0. The summed E-state index contributed by atoms with van der Waals surface area (Å²) < 4.78 is 0. The number of rotatable bonds is 2. The van der Waals surface area contributed by atoms with Crippen molar-refractivity contribution in [1.82, 2.24) is 0 Å². The zero-order chi connectivity index (χ0) is 16.7. The molecule has 3 nitrogen and oxygen atoms in total. The van der Waals surface area contributed by atoms with Gasteiger partial charge < -0.3 is 10.2 Å². The van der Waals surface area contributed by atoms with Crippen molar-refractivity contribution < 1.29 is 4.79 Å². The second-order valence-electron chi connectivity index (χ2n) is 6.54. The number of anilines is 2. The molecule has 4 rings (SSSR count). The van der Waals surface area contributed by atoms with Crippen molar-refractivity contribution in [2.24, 2.45) is 0 Å². The molecule has 1 atom stereocenters. The fraction of sp³-hybridized carbons (Fsp3) is 0.190. The minimum atomic E-state index is 0.0838. The molecule has 0 bridgehead atoms. The molecule has 3 aromatic rings. The predicted octanol–water partition coefficient (Wildman–Crippen LogP) is 4.38. The van der Waals surface area contributed by atoms with Gasteiger partial charge in [0.1, 0.15) is 0 Å². The van der Waals surface area contributed by atoms with Crippen LogP contribution in [0.1, 0.15) is 23.5 Å². The van der Waals surface area contributed by atoms with Crippen molar-refractivity contribution in [3.05, 3.63) is 71.8 Å². The molecule has 0 radical (unpaired) electrons. The summed E-state index contributed by atoms with van der Waals surface area (Å²) in [6.07, 6.45) is 0.493. The first-order valence-corrected chi connectivity index (χ1v) is 8.22. The standard InChI is InChI=1S/C21H20N2O/c1-23(2)16-10-7-15(8-11-16)19-13-20(24)22-21-17-6-4-3-5-14(17)9-12-18(19)21/h3-12,19H,13H2,1-2H3,(H,22,24). The van der Waals surface area contributed by atoms with Gasteiger partial charge in [0, 0.05) is 37.5 Å². The van der Waals surface area contributed by atoms with Crippen LogP contribution in [-0.4, -0.2) is 20.0 Å². The molecule has 0 saturated heterocycles. The van der Waals surface area contributed by atoms with Gasteiger partial charge in [0.05, 0.1) is 5.69 Å². The lowest BCUT2D eigenvalue weighted by atomic mass is 9.83. The Labute approximate surface area is 141 Å². The number of carbonyl (C=O) groups excluding carboxylic acids is 1. The van der Waals surface area contributed by atoms with Crippen molar-refractivity contribution in [2.45, 2.75) is 12.3 Å². The van der Waals surface area contributed by atoms with Crippen molar-refractivity contribution in [1.29, 1.82) is 0 Å². The number of benzene rings is 3. The fourth-order valence-electron chi connectivity index (χ4n) is 3.51. The van der Waals surface area contributed by atoms with Crippen molar-refractivity contribution in [3.8, 4) is 0 Å². The van der Waals surface area contributed by atoms with E-state index in [0.29, 0.717) is 6.42 Å². The highest BCUT2D eigenvalue weighted by Crippen LogP contribution is 2.41. The van der Waals surface area contributed by atoms with E-state index in [1.165, 1.54) is 11.1 Å². The Morgan fingerprint density at radius 1 is 0.958 bits per heavy atom. The highest BCUT2D eigenvalue weighted by Gasteiger charge is 2.27. The third kappa shape index (κ3) is 2.42. The van der Waals surface area contributed by atoms with Crippen LogP contribution in [0.15, 0.2) is 60.7 Å². The zero-order valence-corrected chi connectivity index (χ0v) is 13.9. The average molecular weight is 316 g/mol. The largest absolute Gasteiger partial charge is 0.378 e. The molecule has 3 aromatic carbocycles. The first kappa shape index (κ1) is 14.8. The molecule has 1 heterocycles. The molecule has 1 amide bonds. The van der Waals surface area contributed by atoms with E-state index in [9.17, 15) is 4.79 Å². The third-order valence-corrected chi connectivity index (χ3v) is 4.80. The van der Waals surface area contributed by atoms with Gasteiger partial charge in [-0.15, -0.1) is 0 Å². The van der Waals surface area contributed by atoms with Crippen LogP contribution in [0.4, 0.5) is 11.4 Å². The molecule has 0 spiro atoms. The van der Waals surface area contributed by atoms with Crippen LogP contribution >= 0.6 is 0 Å². The van der Waals surface area contributed by atoms with Gasteiger partial charge in [0.25, 0.3) is 0 Å². The molecule has 24 heavy (non-hydrogen) atoms. The smallest absolute Gasteiger partial charge is 0.225 e. The number of fused-ring (bicyclic) bond motifs is 3. The predicted molar refractivity (Wildman–Crippen MR) is 99.8 cm³/mol. The van der Waals surface area contributed by atoms with E-state index in [1.807, 2.05) is 26.2 Å². The summed E-state index contributed by atoms with van der Waals surface area (Å²) in [6.45, 7) is 0. The van der Waals surface area contributed by atoms with Gasteiger partial charge in [0.15, 0.2) is 0 Å². The third-order valence-electron chi connectivity index (χ3n) is 4.80. The normalized spacial score (nSPS) is 16.6. The molecule has 1 aliphatic heterocycles. The number of nitrogens with zero attached hydrogens (tertiary/aromatic N) is 1. The number of nitrogens with one attached hydrogen (secondary N) is 1. The molecule has 0 aliphatic carbocycles. The maximum absolute atomic E-state index is 12.3. The Bertz CT molecular complexity index is 913. The van der Waals surface area contributed by atoms with E-state index in [1.54, 1.807) is 0 Å². The van der Waals surface area contributed by atoms with E-state index in [2.05, 4.69) is 58.7 Å².